The molecule has 0 radical (unpaired) electrons. The van der Waals surface area contributed by atoms with Crippen molar-refractivity contribution in [2.75, 3.05) is 13.1 Å². The topological polar surface area (TPSA) is 66.1 Å². The fourth-order valence-corrected chi connectivity index (χ4v) is 4.16. The average molecular weight is 365 g/mol. The first-order valence-corrected chi connectivity index (χ1v) is 9.56. The van der Waals surface area contributed by atoms with Crippen molar-refractivity contribution in [2.45, 2.75) is 12.8 Å². The third-order valence-electron chi connectivity index (χ3n) is 4.78. The summed E-state index contributed by atoms with van der Waals surface area (Å²) in [6.07, 6.45) is 5.24. The summed E-state index contributed by atoms with van der Waals surface area (Å²) in [6.45, 7) is 1.19. The number of nitrogens with one attached hydrogen (secondary N) is 1. The average Bonchev–Trinajstić information content (AvgIpc) is 3.41. The van der Waals surface area contributed by atoms with Crippen molar-refractivity contribution in [3.05, 3.63) is 64.6 Å². The number of thiophene rings is 1. The maximum Gasteiger partial charge on any atom is 0.253 e. The van der Waals surface area contributed by atoms with Crippen molar-refractivity contribution >= 4 is 23.0 Å². The smallest absolute Gasteiger partial charge is 0.253 e. The predicted molar refractivity (Wildman–Crippen MR) is 101 cm³/mol. The number of piperidine rings is 1. The van der Waals surface area contributed by atoms with E-state index in [0.717, 1.165) is 28.8 Å². The SMILES string of the molecule is O=C(c1cccs1)[C@@H]1CCCN(C(=O)c2cccc(-c3cn[nH]c3)c2)C1. The quantitative estimate of drug-likeness (QED) is 0.714. The second kappa shape index (κ2) is 7.25. The molecular formula is C20H19N3O2S. The molecule has 3 heterocycles. The fraction of sp³-hybridized carbons (Fsp3) is 0.250. The van der Waals surface area contributed by atoms with Gasteiger partial charge in [0.15, 0.2) is 5.78 Å². The molecule has 3 aromatic rings. The lowest BCUT2D eigenvalue weighted by Gasteiger charge is -2.32. The van der Waals surface area contributed by atoms with Crippen LogP contribution < -0.4 is 0 Å². The first-order valence-electron chi connectivity index (χ1n) is 8.68. The van der Waals surface area contributed by atoms with Crippen LogP contribution in [0.5, 0.6) is 0 Å². The van der Waals surface area contributed by atoms with Crippen molar-refractivity contribution in [2.24, 2.45) is 5.92 Å². The lowest BCUT2D eigenvalue weighted by Crippen LogP contribution is -2.42. The zero-order valence-electron chi connectivity index (χ0n) is 14.2. The van der Waals surface area contributed by atoms with Crippen LogP contribution in [-0.2, 0) is 0 Å². The second-order valence-electron chi connectivity index (χ2n) is 6.50. The number of nitrogens with zero attached hydrogens (tertiary/aromatic N) is 2. The van der Waals surface area contributed by atoms with Crippen LogP contribution in [0, 0.1) is 5.92 Å². The molecule has 0 saturated carbocycles. The number of H-pyrrole nitrogens is 1. The van der Waals surface area contributed by atoms with E-state index in [-0.39, 0.29) is 17.6 Å². The van der Waals surface area contributed by atoms with Gasteiger partial charge in [-0.3, -0.25) is 14.7 Å². The molecular weight excluding hydrogens is 346 g/mol. The molecule has 0 unspecified atom stereocenters. The lowest BCUT2D eigenvalue weighted by molar-refractivity contribution is 0.0638. The Kier molecular flexibility index (Phi) is 4.67. The van der Waals surface area contributed by atoms with Crippen LogP contribution in [0.2, 0.25) is 0 Å². The minimum absolute atomic E-state index is 0.0148. The van der Waals surface area contributed by atoms with Crippen LogP contribution in [0.3, 0.4) is 0 Å². The summed E-state index contributed by atoms with van der Waals surface area (Å²) in [6, 6.07) is 11.3. The molecule has 4 rings (SSSR count). The summed E-state index contributed by atoms with van der Waals surface area (Å²) < 4.78 is 0. The number of likely N-dealkylation sites (tertiary alicyclic amines) is 1. The van der Waals surface area contributed by atoms with E-state index >= 15 is 0 Å². The summed E-state index contributed by atoms with van der Waals surface area (Å²) in [5.74, 6) is 0.0343. The van der Waals surface area contributed by atoms with Gasteiger partial charge in [0, 0.05) is 36.3 Å². The van der Waals surface area contributed by atoms with E-state index in [9.17, 15) is 9.59 Å². The van der Waals surface area contributed by atoms with Crippen molar-refractivity contribution in [1.82, 2.24) is 15.1 Å². The monoisotopic (exact) mass is 365 g/mol. The molecule has 1 aliphatic rings. The Hall–Kier alpha value is -2.73. The number of Topliss-reactive ketones (excluding diaryl/α,β-unsaturated/α-hetero) is 1. The Bertz CT molecular complexity index is 903. The third-order valence-corrected chi connectivity index (χ3v) is 5.67. The number of rotatable bonds is 4. The van der Waals surface area contributed by atoms with E-state index in [1.807, 2.05) is 46.7 Å². The zero-order valence-corrected chi connectivity index (χ0v) is 15.0. The molecule has 1 amide bonds. The number of amides is 1. The molecule has 26 heavy (non-hydrogen) atoms. The Labute approximate surface area is 155 Å². The third kappa shape index (κ3) is 3.32. The molecule has 1 fully saturated rings. The lowest BCUT2D eigenvalue weighted by atomic mass is 9.92. The van der Waals surface area contributed by atoms with Crippen molar-refractivity contribution < 1.29 is 9.59 Å². The molecule has 5 nitrogen and oxygen atoms in total. The van der Waals surface area contributed by atoms with Crippen LogP contribution in [0.15, 0.2) is 54.2 Å². The van der Waals surface area contributed by atoms with Gasteiger partial charge >= 0.3 is 0 Å². The molecule has 132 valence electrons. The molecule has 1 atom stereocenters. The van der Waals surface area contributed by atoms with E-state index < -0.39 is 0 Å². The highest BCUT2D eigenvalue weighted by Gasteiger charge is 2.30. The minimum Gasteiger partial charge on any atom is -0.338 e. The minimum atomic E-state index is -0.108. The maximum absolute atomic E-state index is 13.0. The Morgan fingerprint density at radius 1 is 1.19 bits per heavy atom. The molecule has 1 aliphatic heterocycles. The molecule has 6 heteroatoms. The number of ketones is 1. The predicted octanol–water partition coefficient (Wildman–Crippen LogP) is 3.87. The molecule has 1 aromatic carbocycles. The highest BCUT2D eigenvalue weighted by molar-refractivity contribution is 7.12. The number of benzene rings is 1. The summed E-state index contributed by atoms with van der Waals surface area (Å²) in [7, 11) is 0. The molecule has 0 aliphatic carbocycles. The second-order valence-corrected chi connectivity index (χ2v) is 7.45. The Morgan fingerprint density at radius 3 is 2.88 bits per heavy atom. The summed E-state index contributed by atoms with van der Waals surface area (Å²) in [5.41, 5.74) is 2.55. The van der Waals surface area contributed by atoms with Gasteiger partial charge in [-0.25, -0.2) is 0 Å². The molecule has 1 N–H and O–H groups in total. The van der Waals surface area contributed by atoms with E-state index in [2.05, 4.69) is 10.2 Å². The van der Waals surface area contributed by atoms with Gasteiger partial charge in [0.25, 0.3) is 5.91 Å². The van der Waals surface area contributed by atoms with E-state index in [1.54, 1.807) is 12.4 Å². The fourth-order valence-electron chi connectivity index (χ4n) is 3.42. The van der Waals surface area contributed by atoms with Gasteiger partial charge in [0.05, 0.1) is 11.1 Å². The largest absolute Gasteiger partial charge is 0.338 e. The van der Waals surface area contributed by atoms with Gasteiger partial charge in [-0.1, -0.05) is 18.2 Å². The number of carbonyl (C=O) groups is 2. The van der Waals surface area contributed by atoms with Crippen LogP contribution >= 0.6 is 11.3 Å². The first kappa shape index (κ1) is 16.7. The maximum atomic E-state index is 13.0. The van der Waals surface area contributed by atoms with Gasteiger partial charge in [-0.15, -0.1) is 11.3 Å². The van der Waals surface area contributed by atoms with Crippen molar-refractivity contribution in [3.8, 4) is 11.1 Å². The van der Waals surface area contributed by atoms with Gasteiger partial charge < -0.3 is 4.90 Å². The van der Waals surface area contributed by atoms with E-state index in [4.69, 9.17) is 0 Å². The van der Waals surface area contributed by atoms with Gasteiger partial charge in [-0.05, 0) is 42.0 Å². The highest BCUT2D eigenvalue weighted by atomic mass is 32.1. The molecule has 1 saturated heterocycles. The first-order chi connectivity index (χ1) is 12.7. The van der Waals surface area contributed by atoms with Crippen LogP contribution in [0.1, 0.15) is 32.9 Å². The van der Waals surface area contributed by atoms with Crippen molar-refractivity contribution in [3.63, 3.8) is 0 Å². The number of aromatic nitrogens is 2. The number of hydrogen-bond acceptors (Lipinski definition) is 4. The van der Waals surface area contributed by atoms with Crippen LogP contribution in [0.25, 0.3) is 11.1 Å². The normalized spacial score (nSPS) is 17.2. The molecule has 2 aromatic heterocycles. The van der Waals surface area contributed by atoms with Crippen LogP contribution in [-0.4, -0.2) is 39.9 Å². The molecule has 0 bridgehead atoms. The van der Waals surface area contributed by atoms with Crippen molar-refractivity contribution in [1.29, 1.82) is 0 Å². The summed E-state index contributed by atoms with van der Waals surface area (Å²) in [4.78, 5) is 28.2. The van der Waals surface area contributed by atoms with Gasteiger partial charge in [0.2, 0.25) is 0 Å². The summed E-state index contributed by atoms with van der Waals surface area (Å²) in [5, 5.41) is 8.67. The number of carbonyl (C=O) groups excluding carboxylic acids is 2. The van der Waals surface area contributed by atoms with Crippen LogP contribution in [0.4, 0.5) is 0 Å². The Balaban J connectivity index is 1.51. The van der Waals surface area contributed by atoms with E-state index in [0.29, 0.717) is 18.7 Å². The highest BCUT2D eigenvalue weighted by Crippen LogP contribution is 2.25. The van der Waals surface area contributed by atoms with Gasteiger partial charge in [-0.2, -0.15) is 5.10 Å². The van der Waals surface area contributed by atoms with E-state index in [1.165, 1.54) is 11.3 Å². The molecule has 0 spiro atoms. The summed E-state index contributed by atoms with van der Waals surface area (Å²) >= 11 is 1.47. The van der Waals surface area contributed by atoms with Gasteiger partial charge in [0.1, 0.15) is 0 Å². The zero-order chi connectivity index (χ0) is 17.9. The number of aromatic amines is 1. The standard InChI is InChI=1S/C20H19N3O2S/c24-19(18-7-3-9-26-18)16-6-2-8-23(13-16)20(25)15-5-1-4-14(10-15)17-11-21-22-12-17/h1,3-5,7,9-12,16H,2,6,8,13H2,(H,21,22)/t16-/m1/s1. The number of hydrogen-bond donors (Lipinski definition) is 1. The Morgan fingerprint density at radius 2 is 2.12 bits per heavy atom.